The monoisotopic (exact) mass is 417 g/mol. The summed E-state index contributed by atoms with van der Waals surface area (Å²) < 4.78 is 0. The maximum atomic E-state index is 4.97. The summed E-state index contributed by atoms with van der Waals surface area (Å²) in [6, 6.07) is 14.7. The number of rotatable bonds is 0. The molecule has 2 aromatic rings. The second-order valence-corrected chi connectivity index (χ2v) is 8.08. The molecular weight excluding hydrogens is 411 g/mol. The Kier molecular flexibility index (Phi) is 5.61. The fraction of sp³-hybridized carbons (Fsp3) is 0. The van der Waals surface area contributed by atoms with E-state index in [1.807, 2.05) is 0 Å². The molecule has 0 heterocycles. The SMILES string of the molecule is [Cl][Th][Cl].c1ccc2[cH-]ccc2c1. The molecule has 0 radical (unpaired) electrons. The molecule has 0 aromatic heterocycles. The second-order valence-electron chi connectivity index (χ2n) is 2.23. The Hall–Kier alpha value is 0.735. The van der Waals surface area contributed by atoms with Crippen molar-refractivity contribution in [3.05, 3.63) is 42.5 Å². The van der Waals surface area contributed by atoms with Crippen molar-refractivity contribution >= 4 is 22.7 Å². The molecular formula is C9H7Cl2Th-. The minimum atomic E-state index is -1.06. The zero-order valence-corrected chi connectivity index (χ0v) is 11.9. The topological polar surface area (TPSA) is 0 Å². The molecule has 0 fully saturated rings. The maximum absolute atomic E-state index is 4.97. The molecule has 62 valence electrons. The Morgan fingerprint density at radius 3 is 2.42 bits per heavy atom. The van der Waals surface area contributed by atoms with Crippen LogP contribution in [-0.4, -0.2) is 0 Å². The zero-order valence-electron chi connectivity index (χ0n) is 6.30. The molecule has 0 aliphatic heterocycles. The molecule has 0 aliphatic carbocycles. The number of hydrogen-bond acceptors (Lipinski definition) is 0. The van der Waals surface area contributed by atoms with Crippen molar-refractivity contribution < 1.29 is 32.8 Å². The first-order valence-corrected chi connectivity index (χ1v) is 13.5. The van der Waals surface area contributed by atoms with Crippen LogP contribution in [0.4, 0.5) is 0 Å². The van der Waals surface area contributed by atoms with Crippen LogP contribution in [0.3, 0.4) is 0 Å². The van der Waals surface area contributed by atoms with Crippen LogP contribution in [0, 0.1) is 32.8 Å². The van der Waals surface area contributed by atoms with Crippen molar-refractivity contribution in [2.24, 2.45) is 0 Å². The average molecular weight is 418 g/mol. The van der Waals surface area contributed by atoms with Crippen LogP contribution >= 0.6 is 11.9 Å². The van der Waals surface area contributed by atoms with E-state index in [1.165, 1.54) is 10.8 Å². The van der Waals surface area contributed by atoms with Crippen molar-refractivity contribution in [1.82, 2.24) is 0 Å². The van der Waals surface area contributed by atoms with Gasteiger partial charge in [-0.1, -0.05) is 6.07 Å². The van der Waals surface area contributed by atoms with Crippen molar-refractivity contribution in [2.45, 2.75) is 0 Å². The first-order chi connectivity index (χ1) is 5.88. The maximum Gasteiger partial charge on any atom is -0.0809 e. The van der Waals surface area contributed by atoms with E-state index in [0.29, 0.717) is 0 Å². The van der Waals surface area contributed by atoms with Gasteiger partial charge in [0.25, 0.3) is 0 Å². The third-order valence-electron chi connectivity index (χ3n) is 1.55. The molecule has 0 atom stereocenters. The normalized spacial score (nSPS) is 8.50. The van der Waals surface area contributed by atoms with Crippen molar-refractivity contribution in [3.8, 4) is 0 Å². The molecule has 0 N–H and O–H groups in total. The van der Waals surface area contributed by atoms with Crippen molar-refractivity contribution in [3.63, 3.8) is 0 Å². The molecule has 0 unspecified atom stereocenters. The smallest absolute Gasteiger partial charge is 0.0809 e. The van der Waals surface area contributed by atoms with Gasteiger partial charge in [-0.25, -0.2) is 0 Å². The van der Waals surface area contributed by atoms with Gasteiger partial charge in [-0.05, 0) is 0 Å². The number of hydrogen-bond donors (Lipinski definition) is 0. The largest absolute Gasteiger partial charge is 0.168 e. The van der Waals surface area contributed by atoms with Gasteiger partial charge in [-0.15, -0.1) is 29.7 Å². The summed E-state index contributed by atoms with van der Waals surface area (Å²) in [5, 5.41) is 2.66. The summed E-state index contributed by atoms with van der Waals surface area (Å²) in [7, 11) is 0. The quantitative estimate of drug-likeness (QED) is 0.569. The molecule has 0 saturated carbocycles. The Balaban J connectivity index is 0.000000213. The number of benzene rings is 1. The zero-order chi connectivity index (χ0) is 8.81. The van der Waals surface area contributed by atoms with Crippen LogP contribution in [0.5, 0.6) is 0 Å². The van der Waals surface area contributed by atoms with Gasteiger partial charge in [0, 0.05) is 0 Å². The van der Waals surface area contributed by atoms with Gasteiger partial charge in [0.15, 0.2) is 0 Å². The summed E-state index contributed by atoms with van der Waals surface area (Å²) in [5.74, 6) is 9.95. The van der Waals surface area contributed by atoms with E-state index >= 15 is 0 Å². The fourth-order valence-corrected chi connectivity index (χ4v) is 1.07. The van der Waals surface area contributed by atoms with Crippen LogP contribution in [0.15, 0.2) is 42.5 Å². The third kappa shape index (κ3) is 3.23. The van der Waals surface area contributed by atoms with Gasteiger partial charge in [0.05, 0.1) is 0 Å². The number of fused-ring (bicyclic) bond motifs is 1. The Morgan fingerprint density at radius 1 is 1.08 bits per heavy atom. The summed E-state index contributed by atoms with van der Waals surface area (Å²) in [4.78, 5) is 0. The molecule has 0 bridgehead atoms. The summed E-state index contributed by atoms with van der Waals surface area (Å²) in [6.45, 7) is 0. The van der Waals surface area contributed by atoms with Gasteiger partial charge in [-0.2, -0.15) is 17.5 Å². The first kappa shape index (κ1) is 10.8. The molecule has 3 heteroatoms. The van der Waals surface area contributed by atoms with E-state index in [-0.39, 0.29) is 0 Å². The van der Waals surface area contributed by atoms with Gasteiger partial charge in [0.2, 0.25) is 0 Å². The summed E-state index contributed by atoms with van der Waals surface area (Å²) in [5.41, 5.74) is 0. The van der Waals surface area contributed by atoms with E-state index in [0.717, 1.165) is 0 Å². The Labute approximate surface area is 96.6 Å². The average Bonchev–Trinajstić information content (AvgIpc) is 2.52. The molecule has 0 spiro atoms. The van der Waals surface area contributed by atoms with Crippen LogP contribution in [0.2, 0.25) is 0 Å². The van der Waals surface area contributed by atoms with Gasteiger partial charge >= 0.3 is 44.7 Å². The predicted octanol–water partition coefficient (Wildman–Crippen LogP) is 3.94. The molecule has 0 saturated heterocycles. The molecule has 0 nitrogen and oxygen atoms in total. The van der Waals surface area contributed by atoms with E-state index in [9.17, 15) is 0 Å². The molecule has 2 rings (SSSR count). The van der Waals surface area contributed by atoms with Crippen LogP contribution in [-0.2, 0) is 0 Å². The van der Waals surface area contributed by atoms with Gasteiger partial charge in [0.1, 0.15) is 0 Å². The number of halogens is 2. The van der Waals surface area contributed by atoms with E-state index < -0.39 is 32.8 Å². The van der Waals surface area contributed by atoms with Crippen LogP contribution < -0.4 is 0 Å². The van der Waals surface area contributed by atoms with E-state index in [4.69, 9.17) is 11.9 Å². The fourth-order valence-electron chi connectivity index (χ4n) is 1.07. The first-order valence-electron chi connectivity index (χ1n) is 3.45. The van der Waals surface area contributed by atoms with E-state index in [1.54, 1.807) is 0 Å². The van der Waals surface area contributed by atoms with Gasteiger partial charge < -0.3 is 0 Å². The molecule has 2 aromatic carbocycles. The van der Waals surface area contributed by atoms with Gasteiger partial charge in [-0.3, -0.25) is 0 Å². The van der Waals surface area contributed by atoms with Crippen molar-refractivity contribution in [2.75, 3.05) is 0 Å². The molecule has 12 heavy (non-hydrogen) atoms. The minimum Gasteiger partial charge on any atom is -0.168 e. The Morgan fingerprint density at radius 2 is 1.75 bits per heavy atom. The minimum absolute atomic E-state index is 1.06. The standard InChI is InChI=1S/C9H7.2ClH.Th/c1-2-5-9-7-3-6-8(9)4-1;;;/h1-7H;2*1H;/q-1;;;+2/p-2. The van der Waals surface area contributed by atoms with Crippen LogP contribution in [0.25, 0.3) is 10.8 Å². The Bertz CT molecular complexity index is 300. The van der Waals surface area contributed by atoms with E-state index in [2.05, 4.69) is 42.5 Å². The summed E-state index contributed by atoms with van der Waals surface area (Å²) in [6.07, 6.45) is 0. The predicted molar refractivity (Wildman–Crippen MR) is 51.2 cm³/mol. The molecule has 0 amide bonds. The summed E-state index contributed by atoms with van der Waals surface area (Å²) >= 11 is -1.06. The van der Waals surface area contributed by atoms with Crippen molar-refractivity contribution in [1.29, 1.82) is 0 Å². The molecule has 0 aliphatic rings. The third-order valence-corrected chi connectivity index (χ3v) is 1.55. The second kappa shape index (κ2) is 6.23. The van der Waals surface area contributed by atoms with Crippen LogP contribution in [0.1, 0.15) is 0 Å².